The predicted molar refractivity (Wildman–Crippen MR) is 81.5 cm³/mol. The monoisotopic (exact) mass is 269 g/mol. The van der Waals surface area contributed by atoms with E-state index in [0.717, 1.165) is 11.1 Å². The molecule has 0 spiro atoms. The van der Waals surface area contributed by atoms with Crippen LogP contribution in [-0.2, 0) is 4.79 Å². The molecule has 20 heavy (non-hydrogen) atoms. The van der Waals surface area contributed by atoms with Gasteiger partial charge >= 0.3 is 0 Å². The summed E-state index contributed by atoms with van der Waals surface area (Å²) in [5.74, 6) is -1.05. The van der Waals surface area contributed by atoms with Crippen molar-refractivity contribution in [2.24, 2.45) is 0 Å². The number of likely N-dealkylation sites (N-methyl/N-ethyl adjacent to an activating group) is 1. The molecule has 3 heteroatoms. The molecule has 0 unspecified atom stereocenters. The average molecular weight is 269 g/mol. The fourth-order valence-electron chi connectivity index (χ4n) is 1.58. The Bertz CT molecular complexity index is 556. The van der Waals surface area contributed by atoms with Gasteiger partial charge in [0, 0.05) is 19.2 Å². The fourth-order valence-corrected chi connectivity index (χ4v) is 1.58. The van der Waals surface area contributed by atoms with Crippen LogP contribution in [0.15, 0.2) is 66.8 Å². The number of Topliss-reactive ketones (excluding diaryl/α,β-unsaturated/α-hetero) is 1. The van der Waals surface area contributed by atoms with E-state index < -0.39 is 11.7 Å². The second-order valence-corrected chi connectivity index (χ2v) is 4.69. The predicted octanol–water partition coefficient (Wildman–Crippen LogP) is 3.02. The van der Waals surface area contributed by atoms with E-state index in [1.165, 1.54) is 4.90 Å². The minimum atomic E-state index is -0.541. The number of carbonyl (C=O) groups is 2. The zero-order chi connectivity index (χ0) is 15.1. The Balaban J connectivity index is 2.66. The van der Waals surface area contributed by atoms with E-state index in [4.69, 9.17) is 0 Å². The fraction of sp³-hybridized carbons (Fsp3) is 0.176. The van der Waals surface area contributed by atoms with Crippen LogP contribution in [-0.4, -0.2) is 30.2 Å². The first-order valence-electron chi connectivity index (χ1n) is 6.28. The molecule has 0 N–H and O–H groups in total. The number of hydrogen-bond acceptors (Lipinski definition) is 2. The van der Waals surface area contributed by atoms with Crippen LogP contribution < -0.4 is 0 Å². The summed E-state index contributed by atoms with van der Waals surface area (Å²) in [6.45, 7) is 9.77. The molecular weight excluding hydrogens is 250 g/mol. The van der Waals surface area contributed by atoms with Gasteiger partial charge in [-0.25, -0.2) is 0 Å². The van der Waals surface area contributed by atoms with Crippen molar-refractivity contribution in [2.75, 3.05) is 13.6 Å². The molecule has 0 heterocycles. The molecule has 104 valence electrons. The van der Waals surface area contributed by atoms with Crippen LogP contribution in [0.1, 0.15) is 17.3 Å². The summed E-state index contributed by atoms with van der Waals surface area (Å²) >= 11 is 0. The summed E-state index contributed by atoms with van der Waals surface area (Å²) < 4.78 is 0. The molecule has 1 rings (SSSR count). The van der Waals surface area contributed by atoms with Crippen molar-refractivity contribution < 1.29 is 9.59 Å². The zero-order valence-electron chi connectivity index (χ0n) is 11.9. The van der Waals surface area contributed by atoms with Gasteiger partial charge in [0.05, 0.1) is 0 Å². The summed E-state index contributed by atoms with van der Waals surface area (Å²) in [6.07, 6.45) is 3.61. The van der Waals surface area contributed by atoms with Gasteiger partial charge in [-0.05, 0) is 12.5 Å². The molecule has 0 aliphatic carbocycles. The smallest absolute Gasteiger partial charge is 0.294 e. The molecule has 0 aliphatic rings. The normalized spacial score (nSPS) is 10.3. The van der Waals surface area contributed by atoms with Gasteiger partial charge in [-0.15, -0.1) is 0 Å². The number of allylic oxidation sites excluding steroid dienone is 2. The molecule has 0 aliphatic heterocycles. The van der Waals surface area contributed by atoms with Crippen LogP contribution in [0, 0.1) is 0 Å². The van der Waals surface area contributed by atoms with Crippen molar-refractivity contribution in [3.8, 4) is 0 Å². The number of benzene rings is 1. The van der Waals surface area contributed by atoms with E-state index in [-0.39, 0.29) is 0 Å². The third kappa shape index (κ3) is 4.69. The van der Waals surface area contributed by atoms with Gasteiger partial charge in [-0.1, -0.05) is 61.2 Å². The molecule has 0 atom stereocenters. The van der Waals surface area contributed by atoms with Crippen LogP contribution in [0.5, 0.6) is 0 Å². The van der Waals surface area contributed by atoms with Crippen molar-refractivity contribution in [3.63, 3.8) is 0 Å². The lowest BCUT2D eigenvalue weighted by atomic mass is 10.1. The van der Waals surface area contributed by atoms with Crippen molar-refractivity contribution in [1.82, 2.24) is 4.90 Å². The van der Waals surface area contributed by atoms with Crippen LogP contribution in [0.4, 0.5) is 0 Å². The van der Waals surface area contributed by atoms with E-state index in [0.29, 0.717) is 12.1 Å². The second kappa shape index (κ2) is 7.24. The topological polar surface area (TPSA) is 37.4 Å². The van der Waals surface area contributed by atoms with E-state index >= 15 is 0 Å². The maximum atomic E-state index is 12.0. The van der Waals surface area contributed by atoms with E-state index in [2.05, 4.69) is 13.2 Å². The highest BCUT2D eigenvalue weighted by Crippen LogP contribution is 2.05. The van der Waals surface area contributed by atoms with Gasteiger partial charge < -0.3 is 4.90 Å². The average Bonchev–Trinajstić information content (AvgIpc) is 2.44. The number of nitrogens with zero attached hydrogens (tertiary/aromatic N) is 1. The minimum absolute atomic E-state index is 0.307. The third-order valence-electron chi connectivity index (χ3n) is 2.62. The SMILES string of the molecule is C=C(C)/C=C\C(=C)CN(C)C(=O)C(=O)c1ccccc1. The molecule has 1 amide bonds. The maximum Gasteiger partial charge on any atom is 0.294 e. The van der Waals surface area contributed by atoms with Crippen LogP contribution in [0.25, 0.3) is 0 Å². The van der Waals surface area contributed by atoms with Gasteiger partial charge in [0.15, 0.2) is 0 Å². The highest BCUT2D eigenvalue weighted by molar-refractivity contribution is 6.42. The molecule has 0 bridgehead atoms. The summed E-state index contributed by atoms with van der Waals surface area (Å²) in [4.78, 5) is 25.4. The standard InChI is InChI=1S/C17H19NO2/c1-13(2)10-11-14(3)12-18(4)17(20)16(19)15-8-6-5-7-9-15/h5-11H,1,3,12H2,2,4H3/b11-10-. The van der Waals surface area contributed by atoms with Gasteiger partial charge in [0.1, 0.15) is 0 Å². The molecular formula is C17H19NO2. The van der Waals surface area contributed by atoms with Crippen LogP contribution in [0.2, 0.25) is 0 Å². The molecule has 0 aromatic heterocycles. The van der Waals surface area contributed by atoms with Crippen molar-refractivity contribution in [2.45, 2.75) is 6.92 Å². The van der Waals surface area contributed by atoms with Crippen molar-refractivity contribution in [1.29, 1.82) is 0 Å². The van der Waals surface area contributed by atoms with Crippen LogP contribution >= 0.6 is 0 Å². The summed E-state index contributed by atoms with van der Waals surface area (Å²) in [5, 5.41) is 0. The lowest BCUT2D eigenvalue weighted by Gasteiger charge is -2.16. The molecule has 1 aromatic carbocycles. The zero-order valence-corrected chi connectivity index (χ0v) is 11.9. The number of carbonyl (C=O) groups excluding carboxylic acids is 2. The van der Waals surface area contributed by atoms with Crippen molar-refractivity contribution >= 4 is 11.7 Å². The molecule has 0 fully saturated rings. The molecule has 0 saturated carbocycles. The summed E-state index contributed by atoms with van der Waals surface area (Å²) in [7, 11) is 1.59. The van der Waals surface area contributed by atoms with Gasteiger partial charge in [-0.3, -0.25) is 9.59 Å². The van der Waals surface area contributed by atoms with Gasteiger partial charge in [0.25, 0.3) is 5.91 Å². The van der Waals surface area contributed by atoms with Crippen LogP contribution in [0.3, 0.4) is 0 Å². The Labute approximate surface area is 119 Å². The molecule has 0 saturated heterocycles. The molecule has 3 nitrogen and oxygen atoms in total. The Morgan fingerprint density at radius 3 is 2.30 bits per heavy atom. The number of amides is 1. The Hall–Kier alpha value is -2.42. The van der Waals surface area contributed by atoms with Crippen molar-refractivity contribution in [3.05, 3.63) is 72.4 Å². The Morgan fingerprint density at radius 1 is 1.15 bits per heavy atom. The molecule has 1 aromatic rings. The summed E-state index contributed by atoms with van der Waals surface area (Å²) in [6, 6.07) is 8.52. The Morgan fingerprint density at radius 2 is 1.75 bits per heavy atom. The first-order chi connectivity index (χ1) is 9.41. The highest BCUT2D eigenvalue weighted by atomic mass is 16.2. The lowest BCUT2D eigenvalue weighted by molar-refractivity contribution is -0.124. The number of rotatable bonds is 6. The quantitative estimate of drug-likeness (QED) is 0.452. The lowest BCUT2D eigenvalue weighted by Crippen LogP contribution is -2.34. The van der Waals surface area contributed by atoms with Gasteiger partial charge in [-0.2, -0.15) is 0 Å². The first-order valence-corrected chi connectivity index (χ1v) is 6.28. The maximum absolute atomic E-state index is 12.0. The number of ketones is 1. The largest absolute Gasteiger partial charge is 0.335 e. The van der Waals surface area contributed by atoms with E-state index in [9.17, 15) is 9.59 Å². The molecule has 0 radical (unpaired) electrons. The second-order valence-electron chi connectivity index (χ2n) is 4.69. The van der Waals surface area contributed by atoms with E-state index in [1.807, 2.05) is 13.0 Å². The minimum Gasteiger partial charge on any atom is -0.335 e. The third-order valence-corrected chi connectivity index (χ3v) is 2.62. The first kappa shape index (κ1) is 15.6. The highest BCUT2D eigenvalue weighted by Gasteiger charge is 2.19. The summed E-state index contributed by atoms with van der Waals surface area (Å²) in [5.41, 5.74) is 2.04. The van der Waals surface area contributed by atoms with Gasteiger partial charge in [0.2, 0.25) is 5.78 Å². The number of hydrogen-bond donors (Lipinski definition) is 0. The van der Waals surface area contributed by atoms with E-state index in [1.54, 1.807) is 43.5 Å². The Kier molecular flexibility index (Phi) is 5.66.